The Morgan fingerprint density at radius 1 is 1.56 bits per heavy atom. The number of nitro groups is 1. The van der Waals surface area contributed by atoms with E-state index in [1.165, 1.54) is 13.2 Å². The Morgan fingerprint density at radius 2 is 2.25 bits per heavy atom. The molecule has 2 rings (SSSR count). The number of ether oxygens (including phenoxy) is 1. The maximum atomic E-state index is 10.8. The summed E-state index contributed by atoms with van der Waals surface area (Å²) in [5, 5.41) is 15.9. The van der Waals surface area contributed by atoms with Crippen molar-refractivity contribution in [3.05, 3.63) is 25.9 Å². The molecule has 0 spiro atoms. The Balaban J connectivity index is 2.82. The van der Waals surface area contributed by atoms with E-state index in [9.17, 15) is 10.1 Å². The molecule has 0 aliphatic heterocycles. The SMILES string of the molecule is COc1cc2c(I)nn(C)c2cc1[N+](=O)[O-]. The van der Waals surface area contributed by atoms with Gasteiger partial charge in [0.2, 0.25) is 0 Å². The van der Waals surface area contributed by atoms with Crippen LogP contribution in [0.3, 0.4) is 0 Å². The van der Waals surface area contributed by atoms with Gasteiger partial charge in [0.15, 0.2) is 5.75 Å². The first-order valence-corrected chi connectivity index (χ1v) is 5.47. The van der Waals surface area contributed by atoms with E-state index in [2.05, 4.69) is 27.7 Å². The van der Waals surface area contributed by atoms with Gasteiger partial charge in [-0.3, -0.25) is 14.8 Å². The summed E-state index contributed by atoms with van der Waals surface area (Å²) in [6.07, 6.45) is 0. The molecule has 1 aromatic carbocycles. The normalized spacial score (nSPS) is 10.7. The van der Waals surface area contributed by atoms with Gasteiger partial charge >= 0.3 is 5.69 Å². The van der Waals surface area contributed by atoms with E-state index in [1.54, 1.807) is 17.8 Å². The van der Waals surface area contributed by atoms with Gasteiger partial charge in [-0.1, -0.05) is 0 Å². The van der Waals surface area contributed by atoms with Gasteiger partial charge in [0, 0.05) is 18.5 Å². The van der Waals surface area contributed by atoms with E-state index in [0.29, 0.717) is 0 Å². The van der Waals surface area contributed by atoms with Crippen LogP contribution in [0, 0.1) is 13.8 Å². The second kappa shape index (κ2) is 3.89. The van der Waals surface area contributed by atoms with Gasteiger partial charge < -0.3 is 4.74 Å². The molecule has 0 N–H and O–H groups in total. The second-order valence-electron chi connectivity index (χ2n) is 3.21. The maximum Gasteiger partial charge on any atom is 0.313 e. The minimum atomic E-state index is -0.460. The van der Waals surface area contributed by atoms with E-state index in [1.807, 2.05) is 0 Å². The molecule has 0 aliphatic carbocycles. The molecular formula is C9H8IN3O3. The van der Waals surface area contributed by atoms with Gasteiger partial charge in [-0.25, -0.2) is 0 Å². The van der Waals surface area contributed by atoms with Gasteiger partial charge in [0.1, 0.15) is 3.70 Å². The topological polar surface area (TPSA) is 70.2 Å². The molecule has 0 aliphatic rings. The summed E-state index contributed by atoms with van der Waals surface area (Å²) in [7, 11) is 3.16. The number of halogens is 1. The summed E-state index contributed by atoms with van der Waals surface area (Å²) in [6.45, 7) is 0. The van der Waals surface area contributed by atoms with E-state index >= 15 is 0 Å². The van der Waals surface area contributed by atoms with E-state index in [4.69, 9.17) is 4.74 Å². The lowest BCUT2D eigenvalue weighted by Crippen LogP contribution is -1.95. The van der Waals surface area contributed by atoms with Crippen molar-refractivity contribution >= 4 is 39.2 Å². The molecule has 2 aromatic rings. The van der Waals surface area contributed by atoms with Crippen molar-refractivity contribution in [3.63, 3.8) is 0 Å². The van der Waals surface area contributed by atoms with Crippen LogP contribution in [0.15, 0.2) is 12.1 Å². The highest BCUT2D eigenvalue weighted by Gasteiger charge is 2.19. The van der Waals surface area contributed by atoms with Crippen LogP contribution in [0.1, 0.15) is 0 Å². The van der Waals surface area contributed by atoms with E-state index in [0.717, 1.165) is 14.6 Å². The van der Waals surface area contributed by atoms with Crippen LogP contribution < -0.4 is 4.74 Å². The zero-order valence-electron chi connectivity index (χ0n) is 8.60. The van der Waals surface area contributed by atoms with Crippen molar-refractivity contribution in [2.24, 2.45) is 7.05 Å². The standard InChI is InChI=1S/C9H8IN3O3/c1-12-6-4-7(13(14)15)8(16-2)3-5(6)9(10)11-12/h3-4H,1-2H3. The van der Waals surface area contributed by atoms with Gasteiger partial charge in [0.25, 0.3) is 0 Å². The lowest BCUT2D eigenvalue weighted by Gasteiger charge is -2.02. The average Bonchev–Trinajstić information content (AvgIpc) is 2.52. The van der Waals surface area contributed by atoms with E-state index in [-0.39, 0.29) is 11.4 Å². The van der Waals surface area contributed by atoms with Crippen LogP contribution in [0.25, 0.3) is 10.9 Å². The smallest absolute Gasteiger partial charge is 0.313 e. The minimum Gasteiger partial charge on any atom is -0.490 e. The molecular weight excluding hydrogens is 325 g/mol. The Labute approximate surface area is 104 Å². The summed E-state index contributed by atoms with van der Waals surface area (Å²) >= 11 is 2.08. The zero-order valence-corrected chi connectivity index (χ0v) is 10.8. The third-order valence-electron chi connectivity index (χ3n) is 2.30. The Hall–Kier alpha value is -1.38. The highest BCUT2D eigenvalue weighted by Crippen LogP contribution is 2.33. The van der Waals surface area contributed by atoms with Crippen LogP contribution in [-0.2, 0) is 7.05 Å². The first-order valence-electron chi connectivity index (χ1n) is 4.39. The van der Waals surface area contributed by atoms with Gasteiger partial charge in [-0.15, -0.1) is 0 Å². The molecule has 0 bridgehead atoms. The fourth-order valence-corrected chi connectivity index (χ4v) is 2.29. The van der Waals surface area contributed by atoms with Gasteiger partial charge in [-0.05, 0) is 28.7 Å². The number of methoxy groups -OCH3 is 1. The number of hydrogen-bond acceptors (Lipinski definition) is 4. The average molecular weight is 333 g/mol. The quantitative estimate of drug-likeness (QED) is 0.479. The fourth-order valence-electron chi connectivity index (χ4n) is 1.54. The van der Waals surface area contributed by atoms with Crippen molar-refractivity contribution in [2.45, 2.75) is 0 Å². The monoisotopic (exact) mass is 333 g/mol. The van der Waals surface area contributed by atoms with Crippen molar-refractivity contribution in [3.8, 4) is 5.75 Å². The van der Waals surface area contributed by atoms with Crippen molar-refractivity contribution in [2.75, 3.05) is 7.11 Å². The summed E-state index contributed by atoms with van der Waals surface area (Å²) in [4.78, 5) is 10.4. The summed E-state index contributed by atoms with van der Waals surface area (Å²) in [5.41, 5.74) is 0.673. The lowest BCUT2D eigenvalue weighted by atomic mass is 10.2. The minimum absolute atomic E-state index is 0.0469. The second-order valence-corrected chi connectivity index (χ2v) is 4.23. The highest BCUT2D eigenvalue weighted by molar-refractivity contribution is 14.1. The maximum absolute atomic E-state index is 10.8. The largest absolute Gasteiger partial charge is 0.490 e. The predicted molar refractivity (Wildman–Crippen MR) is 66.6 cm³/mol. The molecule has 7 heteroatoms. The summed E-state index contributed by atoms with van der Waals surface area (Å²) in [5.74, 6) is 0.253. The van der Waals surface area contributed by atoms with Gasteiger partial charge in [0.05, 0.1) is 17.5 Å². The van der Waals surface area contributed by atoms with Crippen molar-refractivity contribution < 1.29 is 9.66 Å². The molecule has 0 unspecified atom stereocenters. The molecule has 0 atom stereocenters. The first kappa shape index (κ1) is 11.1. The molecule has 0 amide bonds. The Kier molecular flexibility index (Phi) is 2.70. The van der Waals surface area contributed by atoms with Crippen molar-refractivity contribution in [1.82, 2.24) is 9.78 Å². The number of aromatic nitrogens is 2. The summed E-state index contributed by atoms with van der Waals surface area (Å²) in [6, 6.07) is 3.12. The number of nitrogens with zero attached hydrogens (tertiary/aromatic N) is 3. The Bertz CT molecular complexity index is 579. The van der Waals surface area contributed by atoms with Crippen LogP contribution in [-0.4, -0.2) is 21.8 Å². The van der Waals surface area contributed by atoms with Crippen LogP contribution in [0.2, 0.25) is 0 Å². The van der Waals surface area contributed by atoms with Gasteiger partial charge in [-0.2, -0.15) is 5.10 Å². The Morgan fingerprint density at radius 3 is 2.81 bits per heavy atom. The number of hydrogen-bond donors (Lipinski definition) is 0. The summed E-state index contributed by atoms with van der Waals surface area (Å²) < 4.78 is 7.41. The van der Waals surface area contributed by atoms with Crippen LogP contribution in [0.4, 0.5) is 5.69 Å². The molecule has 16 heavy (non-hydrogen) atoms. The number of benzene rings is 1. The molecule has 1 heterocycles. The number of fused-ring (bicyclic) bond motifs is 1. The number of nitro benzene ring substituents is 1. The molecule has 0 fully saturated rings. The lowest BCUT2D eigenvalue weighted by molar-refractivity contribution is -0.385. The molecule has 0 saturated heterocycles. The molecule has 0 radical (unpaired) electrons. The number of aryl methyl sites for hydroxylation is 1. The first-order chi connectivity index (χ1) is 7.54. The van der Waals surface area contributed by atoms with E-state index < -0.39 is 4.92 Å². The zero-order chi connectivity index (χ0) is 11.9. The molecule has 6 nitrogen and oxygen atoms in total. The number of rotatable bonds is 2. The molecule has 1 aromatic heterocycles. The third kappa shape index (κ3) is 1.60. The van der Waals surface area contributed by atoms with Crippen LogP contribution in [0.5, 0.6) is 5.75 Å². The molecule has 84 valence electrons. The van der Waals surface area contributed by atoms with Crippen LogP contribution >= 0.6 is 22.6 Å². The fraction of sp³-hybridized carbons (Fsp3) is 0.222. The third-order valence-corrected chi connectivity index (χ3v) is 3.10. The highest BCUT2D eigenvalue weighted by atomic mass is 127. The molecule has 0 saturated carbocycles. The van der Waals surface area contributed by atoms with Crippen molar-refractivity contribution in [1.29, 1.82) is 0 Å². The predicted octanol–water partition coefficient (Wildman–Crippen LogP) is 2.09.